The molecule has 1 unspecified atom stereocenters. The van der Waals surface area contributed by atoms with Gasteiger partial charge in [-0.05, 0) is 17.6 Å². The maximum absolute atomic E-state index is 8.93. The molecule has 0 bridgehead atoms. The van der Waals surface area contributed by atoms with Crippen LogP contribution in [0.15, 0.2) is 48.6 Å². The summed E-state index contributed by atoms with van der Waals surface area (Å²) in [7, 11) is 0. The van der Waals surface area contributed by atoms with Crippen molar-refractivity contribution in [2.24, 2.45) is 5.92 Å². The minimum absolute atomic E-state index is 0.249. The van der Waals surface area contributed by atoms with Gasteiger partial charge < -0.3 is 5.11 Å². The van der Waals surface area contributed by atoms with E-state index in [0.717, 1.165) is 6.42 Å². The highest BCUT2D eigenvalue weighted by atomic mass is 16.3. The van der Waals surface area contributed by atoms with Crippen LogP contribution < -0.4 is 0 Å². The van der Waals surface area contributed by atoms with Crippen molar-refractivity contribution in [2.45, 2.75) is 6.42 Å². The second kappa shape index (κ2) is 4.25. The first-order valence-electron chi connectivity index (χ1n) is 4.96. The Morgan fingerprint density at radius 3 is 2.64 bits per heavy atom. The van der Waals surface area contributed by atoms with Crippen LogP contribution in [0.3, 0.4) is 0 Å². The van der Waals surface area contributed by atoms with E-state index in [9.17, 15) is 0 Å². The largest absolute Gasteiger partial charge is 0.396 e. The average molecular weight is 186 g/mol. The van der Waals surface area contributed by atoms with E-state index in [1.807, 2.05) is 18.2 Å². The van der Waals surface area contributed by atoms with Crippen LogP contribution in [0.4, 0.5) is 0 Å². The molecule has 1 heteroatoms. The summed E-state index contributed by atoms with van der Waals surface area (Å²) in [5.74, 6) is 0.391. The number of hydrogen-bond donors (Lipinski definition) is 1. The topological polar surface area (TPSA) is 20.2 Å². The monoisotopic (exact) mass is 186 g/mol. The molecule has 1 aliphatic carbocycles. The van der Waals surface area contributed by atoms with Gasteiger partial charge in [0.1, 0.15) is 0 Å². The van der Waals surface area contributed by atoms with Gasteiger partial charge in [-0.1, -0.05) is 48.6 Å². The zero-order valence-electron chi connectivity index (χ0n) is 8.06. The zero-order valence-corrected chi connectivity index (χ0v) is 8.06. The molecule has 0 radical (unpaired) electrons. The number of aliphatic hydroxyl groups is 1. The third-order valence-electron chi connectivity index (χ3n) is 2.57. The lowest BCUT2D eigenvalue weighted by molar-refractivity contribution is 0.281. The van der Waals surface area contributed by atoms with Crippen molar-refractivity contribution in [3.63, 3.8) is 0 Å². The Kier molecular flexibility index (Phi) is 2.80. The summed E-state index contributed by atoms with van der Waals surface area (Å²) < 4.78 is 0. The second-order valence-electron chi connectivity index (χ2n) is 3.49. The van der Waals surface area contributed by atoms with Crippen LogP contribution in [-0.2, 0) is 0 Å². The molecule has 1 atom stereocenters. The van der Waals surface area contributed by atoms with E-state index in [2.05, 4.69) is 30.4 Å². The summed E-state index contributed by atoms with van der Waals surface area (Å²) in [5, 5.41) is 8.93. The number of allylic oxidation sites excluding steroid dienone is 4. The van der Waals surface area contributed by atoms with E-state index < -0.39 is 0 Å². The van der Waals surface area contributed by atoms with Gasteiger partial charge in [-0.15, -0.1) is 0 Å². The fourth-order valence-electron chi connectivity index (χ4n) is 1.85. The van der Waals surface area contributed by atoms with Crippen LogP contribution in [0, 0.1) is 5.92 Å². The minimum atomic E-state index is 0.249. The van der Waals surface area contributed by atoms with Crippen molar-refractivity contribution >= 4 is 5.57 Å². The Hall–Kier alpha value is -1.34. The fourth-order valence-corrected chi connectivity index (χ4v) is 1.85. The highest BCUT2D eigenvalue weighted by Gasteiger charge is 2.14. The van der Waals surface area contributed by atoms with Gasteiger partial charge in [-0.25, -0.2) is 0 Å². The summed E-state index contributed by atoms with van der Waals surface area (Å²) in [6.07, 6.45) is 7.17. The number of rotatable bonds is 3. The van der Waals surface area contributed by atoms with Gasteiger partial charge in [0.25, 0.3) is 0 Å². The predicted molar refractivity (Wildman–Crippen MR) is 58.8 cm³/mol. The number of aliphatic hydroxyl groups excluding tert-OH is 1. The number of benzene rings is 1. The van der Waals surface area contributed by atoms with E-state index in [0.29, 0.717) is 5.92 Å². The predicted octanol–water partition coefficient (Wildman–Crippen LogP) is 2.64. The molecule has 0 amide bonds. The summed E-state index contributed by atoms with van der Waals surface area (Å²) in [4.78, 5) is 0. The van der Waals surface area contributed by atoms with Crippen LogP contribution in [0.5, 0.6) is 0 Å². The SMILES string of the molecule is OCCC1C=CC=C1c1ccccc1. The lowest BCUT2D eigenvalue weighted by Gasteiger charge is -2.12. The molecule has 0 saturated heterocycles. The van der Waals surface area contributed by atoms with E-state index in [1.165, 1.54) is 11.1 Å². The van der Waals surface area contributed by atoms with Gasteiger partial charge in [-0.3, -0.25) is 0 Å². The summed E-state index contributed by atoms with van der Waals surface area (Å²) in [5.41, 5.74) is 2.58. The summed E-state index contributed by atoms with van der Waals surface area (Å²) >= 11 is 0. The quantitative estimate of drug-likeness (QED) is 0.769. The minimum Gasteiger partial charge on any atom is -0.396 e. The Labute approximate surface area is 84.4 Å². The Morgan fingerprint density at radius 2 is 1.93 bits per heavy atom. The third-order valence-corrected chi connectivity index (χ3v) is 2.57. The highest BCUT2D eigenvalue weighted by Crippen LogP contribution is 2.30. The van der Waals surface area contributed by atoms with Gasteiger partial charge in [0.05, 0.1) is 0 Å². The van der Waals surface area contributed by atoms with Crippen LogP contribution in [0.1, 0.15) is 12.0 Å². The standard InChI is InChI=1S/C13H14O/c14-10-9-12-7-4-8-13(12)11-5-2-1-3-6-11/h1-8,12,14H,9-10H2. The Morgan fingerprint density at radius 1 is 1.14 bits per heavy atom. The molecule has 0 fully saturated rings. The van der Waals surface area contributed by atoms with Crippen molar-refractivity contribution in [3.05, 3.63) is 54.1 Å². The molecule has 72 valence electrons. The zero-order chi connectivity index (χ0) is 9.80. The molecule has 1 N–H and O–H groups in total. The molecule has 0 aliphatic heterocycles. The first-order chi connectivity index (χ1) is 6.92. The van der Waals surface area contributed by atoms with E-state index in [1.54, 1.807) is 0 Å². The molecule has 0 heterocycles. The van der Waals surface area contributed by atoms with Gasteiger partial charge >= 0.3 is 0 Å². The molecule has 1 aliphatic rings. The average Bonchev–Trinajstić information content (AvgIpc) is 2.68. The molecule has 0 spiro atoms. The lowest BCUT2D eigenvalue weighted by atomic mass is 9.93. The summed E-state index contributed by atoms with van der Waals surface area (Å²) in [6, 6.07) is 10.3. The van der Waals surface area contributed by atoms with Crippen molar-refractivity contribution in [1.29, 1.82) is 0 Å². The molecular formula is C13H14O. The van der Waals surface area contributed by atoms with E-state index in [-0.39, 0.29) is 6.61 Å². The highest BCUT2D eigenvalue weighted by molar-refractivity contribution is 5.72. The van der Waals surface area contributed by atoms with Crippen LogP contribution in [-0.4, -0.2) is 11.7 Å². The van der Waals surface area contributed by atoms with Crippen LogP contribution >= 0.6 is 0 Å². The van der Waals surface area contributed by atoms with Gasteiger partial charge in [0, 0.05) is 12.5 Å². The molecule has 0 saturated carbocycles. The van der Waals surface area contributed by atoms with Crippen molar-refractivity contribution in [2.75, 3.05) is 6.61 Å². The van der Waals surface area contributed by atoms with E-state index in [4.69, 9.17) is 5.11 Å². The van der Waals surface area contributed by atoms with Gasteiger partial charge in [-0.2, -0.15) is 0 Å². The third kappa shape index (κ3) is 1.78. The molecule has 1 nitrogen and oxygen atoms in total. The molecular weight excluding hydrogens is 172 g/mol. The molecule has 1 aromatic rings. The molecule has 14 heavy (non-hydrogen) atoms. The van der Waals surface area contributed by atoms with Crippen LogP contribution in [0.25, 0.3) is 5.57 Å². The normalized spacial score (nSPS) is 19.8. The Bertz CT molecular complexity index is 349. The number of hydrogen-bond acceptors (Lipinski definition) is 1. The van der Waals surface area contributed by atoms with Crippen LogP contribution in [0.2, 0.25) is 0 Å². The fraction of sp³-hybridized carbons (Fsp3) is 0.231. The second-order valence-corrected chi connectivity index (χ2v) is 3.49. The molecule has 1 aromatic carbocycles. The van der Waals surface area contributed by atoms with E-state index >= 15 is 0 Å². The maximum atomic E-state index is 8.93. The maximum Gasteiger partial charge on any atom is 0.0439 e. The lowest BCUT2D eigenvalue weighted by Crippen LogP contribution is -2.00. The smallest absolute Gasteiger partial charge is 0.0439 e. The first-order valence-corrected chi connectivity index (χ1v) is 4.96. The molecule has 0 aromatic heterocycles. The van der Waals surface area contributed by atoms with Crippen molar-refractivity contribution in [3.8, 4) is 0 Å². The summed E-state index contributed by atoms with van der Waals surface area (Å²) in [6.45, 7) is 0.249. The molecule has 2 rings (SSSR count). The van der Waals surface area contributed by atoms with Gasteiger partial charge in [0.2, 0.25) is 0 Å². The van der Waals surface area contributed by atoms with Crippen molar-refractivity contribution < 1.29 is 5.11 Å². The van der Waals surface area contributed by atoms with Gasteiger partial charge in [0.15, 0.2) is 0 Å². The Balaban J connectivity index is 2.20. The van der Waals surface area contributed by atoms with Crippen molar-refractivity contribution in [1.82, 2.24) is 0 Å². The first kappa shape index (κ1) is 9.22.